The molecule has 23 heavy (non-hydrogen) atoms. The number of pyridine rings is 1. The summed E-state index contributed by atoms with van der Waals surface area (Å²) in [5, 5.41) is -0.0740. The van der Waals surface area contributed by atoms with E-state index < -0.39 is 12.0 Å². The molecule has 0 aliphatic carbocycles. The second kappa shape index (κ2) is 6.89. The Morgan fingerprint density at radius 3 is 2.57 bits per heavy atom. The second-order valence-corrected chi connectivity index (χ2v) is 4.97. The van der Waals surface area contributed by atoms with Gasteiger partial charge in [-0.05, 0) is 18.2 Å². The number of nitrogens with two attached hydrogens (primary N) is 1. The Bertz CT molecular complexity index is 771. The van der Waals surface area contributed by atoms with Crippen LogP contribution in [0.4, 0.5) is 14.9 Å². The number of benzene rings is 1. The van der Waals surface area contributed by atoms with E-state index in [1.54, 1.807) is 0 Å². The SMILES string of the molecule is COC(=O)Oc1nc(-c2ccc(F)c(OC)c2Cl)cc(N)c1Cl. The summed E-state index contributed by atoms with van der Waals surface area (Å²) in [6.07, 6.45) is -1.02. The third-order valence-corrected chi connectivity index (χ3v) is 3.59. The number of nitrogens with zero attached hydrogens (tertiary/aromatic N) is 1. The monoisotopic (exact) mass is 360 g/mol. The van der Waals surface area contributed by atoms with Crippen LogP contribution in [0.1, 0.15) is 0 Å². The van der Waals surface area contributed by atoms with Crippen molar-refractivity contribution in [1.82, 2.24) is 4.98 Å². The number of hydrogen-bond acceptors (Lipinski definition) is 6. The molecule has 0 aliphatic rings. The highest BCUT2D eigenvalue weighted by Gasteiger charge is 2.19. The van der Waals surface area contributed by atoms with Crippen molar-refractivity contribution in [3.8, 4) is 22.9 Å². The van der Waals surface area contributed by atoms with Crippen LogP contribution in [0.15, 0.2) is 18.2 Å². The average molecular weight is 361 g/mol. The Labute approximate surface area is 140 Å². The molecule has 0 amide bonds. The van der Waals surface area contributed by atoms with Crippen molar-refractivity contribution >= 4 is 35.0 Å². The number of hydrogen-bond donors (Lipinski definition) is 1. The van der Waals surface area contributed by atoms with Crippen molar-refractivity contribution in [3.63, 3.8) is 0 Å². The van der Waals surface area contributed by atoms with Crippen molar-refractivity contribution in [2.75, 3.05) is 20.0 Å². The minimum Gasteiger partial charge on any atom is -0.492 e. The summed E-state index contributed by atoms with van der Waals surface area (Å²) in [7, 11) is 2.41. The van der Waals surface area contributed by atoms with Gasteiger partial charge in [-0.25, -0.2) is 14.2 Å². The Morgan fingerprint density at radius 1 is 1.26 bits per heavy atom. The van der Waals surface area contributed by atoms with Gasteiger partial charge in [-0.3, -0.25) is 0 Å². The number of aromatic nitrogens is 1. The van der Waals surface area contributed by atoms with Gasteiger partial charge in [0, 0.05) is 5.56 Å². The van der Waals surface area contributed by atoms with Crippen LogP contribution in [-0.4, -0.2) is 25.4 Å². The first-order valence-corrected chi connectivity index (χ1v) is 6.88. The molecule has 2 aromatic rings. The Balaban J connectivity index is 2.59. The lowest BCUT2D eigenvalue weighted by Crippen LogP contribution is -2.10. The van der Waals surface area contributed by atoms with E-state index in [-0.39, 0.29) is 33.1 Å². The van der Waals surface area contributed by atoms with Crippen molar-refractivity contribution < 1.29 is 23.4 Å². The van der Waals surface area contributed by atoms with E-state index in [1.807, 2.05) is 0 Å². The van der Waals surface area contributed by atoms with Gasteiger partial charge in [0.15, 0.2) is 11.6 Å². The van der Waals surface area contributed by atoms with Crippen LogP contribution >= 0.6 is 23.2 Å². The minimum absolute atomic E-state index is 0.00857. The highest BCUT2D eigenvalue weighted by molar-refractivity contribution is 6.35. The number of nitrogen functional groups attached to an aromatic ring is 1. The number of halogens is 3. The molecule has 0 fully saturated rings. The average Bonchev–Trinajstić information content (AvgIpc) is 2.52. The van der Waals surface area contributed by atoms with E-state index in [0.717, 1.165) is 13.2 Å². The Hall–Kier alpha value is -2.25. The fourth-order valence-corrected chi connectivity index (χ4v) is 2.23. The number of rotatable bonds is 3. The number of carbonyl (C=O) groups is 1. The normalized spacial score (nSPS) is 10.3. The number of ether oxygens (including phenoxy) is 3. The molecular formula is C14H11Cl2FN2O4. The Morgan fingerprint density at radius 2 is 1.96 bits per heavy atom. The van der Waals surface area contributed by atoms with E-state index in [1.165, 1.54) is 19.2 Å². The molecule has 0 unspecified atom stereocenters. The molecule has 0 saturated carbocycles. The van der Waals surface area contributed by atoms with Gasteiger partial charge in [-0.15, -0.1) is 0 Å². The van der Waals surface area contributed by atoms with Gasteiger partial charge in [0.2, 0.25) is 5.88 Å². The standard InChI is InChI=1S/C14H11Cl2FN2O4/c1-21-12-7(17)4-3-6(10(12)15)9-5-8(18)11(16)13(19-9)23-14(20)22-2/h3-5H,1-2H3,(H2,18,19). The van der Waals surface area contributed by atoms with Crippen LogP contribution in [0.3, 0.4) is 0 Å². The van der Waals surface area contributed by atoms with Gasteiger partial charge in [0.05, 0.1) is 30.6 Å². The molecule has 2 rings (SSSR count). The zero-order valence-electron chi connectivity index (χ0n) is 12.0. The van der Waals surface area contributed by atoms with E-state index in [2.05, 4.69) is 9.72 Å². The topological polar surface area (TPSA) is 83.7 Å². The maximum Gasteiger partial charge on any atom is 0.514 e. The van der Waals surface area contributed by atoms with Gasteiger partial charge in [0.1, 0.15) is 5.02 Å². The summed E-state index contributed by atoms with van der Waals surface area (Å²) in [5.41, 5.74) is 6.41. The van der Waals surface area contributed by atoms with Crippen molar-refractivity contribution in [3.05, 3.63) is 34.1 Å². The Kier molecular flexibility index (Phi) is 5.12. The van der Waals surface area contributed by atoms with E-state index in [4.69, 9.17) is 38.4 Å². The third kappa shape index (κ3) is 3.40. The summed E-state index contributed by atoms with van der Waals surface area (Å²) < 4.78 is 27.7. The summed E-state index contributed by atoms with van der Waals surface area (Å²) in [6, 6.07) is 3.95. The number of anilines is 1. The van der Waals surface area contributed by atoms with Crippen LogP contribution in [0.2, 0.25) is 10.0 Å². The van der Waals surface area contributed by atoms with E-state index in [9.17, 15) is 9.18 Å². The van der Waals surface area contributed by atoms with Crippen LogP contribution in [0, 0.1) is 5.82 Å². The zero-order valence-corrected chi connectivity index (χ0v) is 13.5. The molecular weight excluding hydrogens is 350 g/mol. The zero-order chi connectivity index (χ0) is 17.1. The summed E-state index contributed by atoms with van der Waals surface area (Å²) in [4.78, 5) is 15.3. The molecule has 0 aliphatic heterocycles. The maximum absolute atomic E-state index is 13.6. The van der Waals surface area contributed by atoms with Gasteiger partial charge < -0.3 is 19.9 Å². The molecule has 1 aromatic heterocycles. The van der Waals surface area contributed by atoms with Crippen molar-refractivity contribution in [1.29, 1.82) is 0 Å². The summed E-state index contributed by atoms with van der Waals surface area (Å²) in [5.74, 6) is -1.03. The van der Waals surface area contributed by atoms with Crippen LogP contribution in [-0.2, 0) is 4.74 Å². The largest absolute Gasteiger partial charge is 0.514 e. The molecule has 0 atom stereocenters. The third-order valence-electron chi connectivity index (χ3n) is 2.83. The predicted molar refractivity (Wildman–Crippen MR) is 83.6 cm³/mol. The van der Waals surface area contributed by atoms with Crippen LogP contribution in [0.25, 0.3) is 11.3 Å². The smallest absolute Gasteiger partial charge is 0.492 e. The lowest BCUT2D eigenvalue weighted by atomic mass is 10.1. The molecule has 6 nitrogen and oxygen atoms in total. The first-order chi connectivity index (χ1) is 10.9. The number of carbonyl (C=O) groups excluding carboxylic acids is 1. The molecule has 0 spiro atoms. The van der Waals surface area contributed by atoms with Crippen LogP contribution in [0.5, 0.6) is 11.6 Å². The molecule has 9 heteroatoms. The van der Waals surface area contributed by atoms with E-state index in [0.29, 0.717) is 5.56 Å². The predicted octanol–water partition coefficient (Wildman–Crippen LogP) is 3.93. The molecule has 2 N–H and O–H groups in total. The quantitative estimate of drug-likeness (QED) is 0.834. The molecule has 0 radical (unpaired) electrons. The first-order valence-electron chi connectivity index (χ1n) is 6.13. The lowest BCUT2D eigenvalue weighted by molar-refractivity contribution is 0.120. The van der Waals surface area contributed by atoms with Gasteiger partial charge >= 0.3 is 6.16 Å². The molecule has 0 bridgehead atoms. The van der Waals surface area contributed by atoms with Gasteiger partial charge in [-0.1, -0.05) is 23.2 Å². The molecule has 122 valence electrons. The fourth-order valence-electron chi connectivity index (χ4n) is 1.77. The highest BCUT2D eigenvalue weighted by Crippen LogP contribution is 2.39. The van der Waals surface area contributed by atoms with Crippen LogP contribution < -0.4 is 15.2 Å². The summed E-state index contributed by atoms with van der Waals surface area (Å²) in [6.45, 7) is 0. The fraction of sp³-hybridized carbons (Fsp3) is 0.143. The first kappa shape index (κ1) is 17.1. The van der Waals surface area contributed by atoms with Crippen molar-refractivity contribution in [2.24, 2.45) is 0 Å². The van der Waals surface area contributed by atoms with E-state index >= 15 is 0 Å². The molecule has 0 saturated heterocycles. The van der Waals surface area contributed by atoms with Gasteiger partial charge in [0.25, 0.3) is 0 Å². The molecule has 1 aromatic carbocycles. The van der Waals surface area contributed by atoms with Gasteiger partial charge in [-0.2, -0.15) is 0 Å². The molecule has 1 heterocycles. The second-order valence-electron chi connectivity index (χ2n) is 4.21. The number of methoxy groups -OCH3 is 2. The maximum atomic E-state index is 13.6. The summed E-state index contributed by atoms with van der Waals surface area (Å²) >= 11 is 12.1. The highest BCUT2D eigenvalue weighted by atomic mass is 35.5. The minimum atomic E-state index is -1.02. The van der Waals surface area contributed by atoms with Crippen molar-refractivity contribution in [2.45, 2.75) is 0 Å². The lowest BCUT2D eigenvalue weighted by Gasteiger charge is -2.12.